The number of rotatable bonds is 3. The number of hydrogen-bond donors (Lipinski definition) is 1. The van der Waals surface area contributed by atoms with Crippen LogP contribution in [0.5, 0.6) is 0 Å². The van der Waals surface area contributed by atoms with Crippen molar-refractivity contribution in [2.75, 3.05) is 12.4 Å². The van der Waals surface area contributed by atoms with E-state index in [9.17, 15) is 0 Å². The highest BCUT2D eigenvalue weighted by Crippen LogP contribution is 2.30. The summed E-state index contributed by atoms with van der Waals surface area (Å²) in [5.74, 6) is 0.519. The summed E-state index contributed by atoms with van der Waals surface area (Å²) in [4.78, 5) is 12.4. The van der Waals surface area contributed by atoms with Gasteiger partial charge in [0.1, 0.15) is 10.1 Å². The molecule has 2 aromatic rings. The third-order valence-corrected chi connectivity index (χ3v) is 3.40. The highest BCUT2D eigenvalue weighted by atomic mass is 35.5. The quantitative estimate of drug-likeness (QED) is 0.877. The van der Waals surface area contributed by atoms with Gasteiger partial charge in [0.15, 0.2) is 0 Å². The molecule has 0 spiro atoms. The van der Waals surface area contributed by atoms with E-state index in [1.54, 1.807) is 25.5 Å². The maximum absolute atomic E-state index is 6.01. The monoisotopic (exact) mass is 286 g/mol. The normalized spacial score (nSPS) is 10.3. The smallest absolute Gasteiger partial charge is 0.223 e. The zero-order valence-corrected chi connectivity index (χ0v) is 11.1. The minimum atomic E-state index is 0.491. The van der Waals surface area contributed by atoms with Crippen LogP contribution >= 0.6 is 35.0 Å². The molecule has 1 N–H and O–H groups in total. The molecule has 0 saturated heterocycles. The van der Waals surface area contributed by atoms with Crippen LogP contribution in [0.25, 0.3) is 0 Å². The lowest BCUT2D eigenvalue weighted by Gasteiger charge is -2.04. The fourth-order valence-corrected chi connectivity index (χ4v) is 2.11. The second kappa shape index (κ2) is 5.53. The molecule has 0 atom stereocenters. The molecule has 0 aliphatic rings. The minimum absolute atomic E-state index is 0.491. The Hall–Kier alpha value is -1.04. The van der Waals surface area contributed by atoms with Crippen molar-refractivity contribution in [2.24, 2.45) is 0 Å². The number of halogens is 2. The maximum atomic E-state index is 6.01. The average molecular weight is 287 g/mol. The Morgan fingerprint density at radius 1 is 1.18 bits per heavy atom. The second-order valence-electron chi connectivity index (χ2n) is 3.01. The van der Waals surface area contributed by atoms with Gasteiger partial charge in [-0.1, -0.05) is 23.2 Å². The molecule has 0 bridgehead atoms. The topological polar surface area (TPSA) is 50.7 Å². The summed E-state index contributed by atoms with van der Waals surface area (Å²) in [6.45, 7) is 0. The van der Waals surface area contributed by atoms with Crippen LogP contribution in [0, 0.1) is 0 Å². The number of aromatic nitrogens is 3. The van der Waals surface area contributed by atoms with Gasteiger partial charge in [-0.05, 0) is 23.9 Å². The molecular weight excluding hydrogens is 279 g/mol. The van der Waals surface area contributed by atoms with E-state index in [2.05, 4.69) is 20.3 Å². The molecule has 2 heterocycles. The molecule has 0 aliphatic carbocycles. The highest BCUT2D eigenvalue weighted by Gasteiger charge is 2.07. The number of hydrogen-bond acceptors (Lipinski definition) is 5. The fraction of sp³-hybridized carbons (Fsp3) is 0.100. The maximum Gasteiger partial charge on any atom is 0.223 e. The Morgan fingerprint density at radius 3 is 2.65 bits per heavy atom. The Morgan fingerprint density at radius 2 is 2.00 bits per heavy atom. The molecule has 0 aliphatic heterocycles. The molecule has 0 aromatic carbocycles. The Kier molecular flexibility index (Phi) is 4.04. The van der Waals surface area contributed by atoms with Crippen LogP contribution in [0.2, 0.25) is 10.0 Å². The van der Waals surface area contributed by atoms with Crippen molar-refractivity contribution >= 4 is 40.9 Å². The third-order valence-electron chi connectivity index (χ3n) is 1.84. The number of anilines is 1. The van der Waals surface area contributed by atoms with Crippen LogP contribution in [-0.2, 0) is 0 Å². The van der Waals surface area contributed by atoms with E-state index in [1.807, 2.05) is 6.07 Å². The van der Waals surface area contributed by atoms with Crippen LogP contribution in [0.15, 0.2) is 34.6 Å². The van der Waals surface area contributed by atoms with Crippen molar-refractivity contribution in [1.29, 1.82) is 0 Å². The summed E-state index contributed by atoms with van der Waals surface area (Å²) in [7, 11) is 1.75. The SMILES string of the molecule is CNc1ncc(Cl)c(Sc2ccc(Cl)cn2)n1. The molecule has 0 amide bonds. The Labute approximate surface area is 113 Å². The molecule has 2 aromatic heterocycles. The van der Waals surface area contributed by atoms with Crippen LogP contribution in [0.4, 0.5) is 5.95 Å². The molecule has 17 heavy (non-hydrogen) atoms. The van der Waals surface area contributed by atoms with E-state index >= 15 is 0 Å². The van der Waals surface area contributed by atoms with Crippen molar-refractivity contribution in [2.45, 2.75) is 10.1 Å². The predicted molar refractivity (Wildman–Crippen MR) is 70.0 cm³/mol. The van der Waals surface area contributed by atoms with Gasteiger partial charge in [-0.25, -0.2) is 15.0 Å². The largest absolute Gasteiger partial charge is 0.357 e. The molecule has 88 valence electrons. The third kappa shape index (κ3) is 3.21. The first-order valence-electron chi connectivity index (χ1n) is 4.69. The Bertz CT molecular complexity index is 518. The van der Waals surface area contributed by atoms with E-state index < -0.39 is 0 Å². The lowest BCUT2D eigenvalue weighted by atomic mass is 10.5. The lowest BCUT2D eigenvalue weighted by Crippen LogP contribution is -1.97. The zero-order valence-electron chi connectivity index (χ0n) is 8.82. The second-order valence-corrected chi connectivity index (χ2v) is 4.87. The van der Waals surface area contributed by atoms with Crippen molar-refractivity contribution in [1.82, 2.24) is 15.0 Å². The van der Waals surface area contributed by atoms with E-state index in [0.29, 0.717) is 21.0 Å². The van der Waals surface area contributed by atoms with Crippen LogP contribution in [-0.4, -0.2) is 22.0 Å². The standard InChI is InChI=1S/C10H8Cl2N4S/c1-13-10-15-5-7(12)9(16-10)17-8-3-2-6(11)4-14-8/h2-5H,1H3,(H,13,15,16). The first-order valence-corrected chi connectivity index (χ1v) is 6.26. The van der Waals surface area contributed by atoms with Crippen molar-refractivity contribution < 1.29 is 0 Å². The average Bonchev–Trinajstić information content (AvgIpc) is 2.35. The van der Waals surface area contributed by atoms with Crippen molar-refractivity contribution in [3.05, 3.63) is 34.6 Å². The van der Waals surface area contributed by atoms with E-state index in [1.165, 1.54) is 11.8 Å². The number of nitrogens with one attached hydrogen (secondary N) is 1. The van der Waals surface area contributed by atoms with Crippen molar-refractivity contribution in [3.63, 3.8) is 0 Å². The van der Waals surface area contributed by atoms with E-state index in [0.717, 1.165) is 5.03 Å². The van der Waals surface area contributed by atoms with Gasteiger partial charge in [-0.2, -0.15) is 0 Å². The molecule has 4 nitrogen and oxygen atoms in total. The van der Waals surface area contributed by atoms with Crippen molar-refractivity contribution in [3.8, 4) is 0 Å². The molecule has 0 radical (unpaired) electrons. The minimum Gasteiger partial charge on any atom is -0.357 e. The zero-order chi connectivity index (χ0) is 12.3. The van der Waals surface area contributed by atoms with Gasteiger partial charge in [0.2, 0.25) is 5.95 Å². The van der Waals surface area contributed by atoms with Crippen LogP contribution in [0.3, 0.4) is 0 Å². The molecule has 0 unspecified atom stereocenters. The summed E-state index contributed by atoms with van der Waals surface area (Å²) in [6, 6.07) is 3.58. The van der Waals surface area contributed by atoms with Gasteiger partial charge in [-0.15, -0.1) is 0 Å². The molecule has 2 rings (SSSR count). The molecular formula is C10H8Cl2N4S. The van der Waals surface area contributed by atoms with Gasteiger partial charge < -0.3 is 5.32 Å². The van der Waals surface area contributed by atoms with Gasteiger partial charge in [-0.3, -0.25) is 0 Å². The number of nitrogens with zero attached hydrogens (tertiary/aromatic N) is 3. The summed E-state index contributed by atoms with van der Waals surface area (Å²) in [6.07, 6.45) is 3.14. The lowest BCUT2D eigenvalue weighted by molar-refractivity contribution is 1.04. The van der Waals surface area contributed by atoms with Gasteiger partial charge >= 0.3 is 0 Å². The van der Waals surface area contributed by atoms with E-state index in [-0.39, 0.29) is 0 Å². The molecule has 0 fully saturated rings. The Balaban J connectivity index is 2.25. The number of pyridine rings is 1. The van der Waals surface area contributed by atoms with Gasteiger partial charge in [0.05, 0.1) is 16.2 Å². The van der Waals surface area contributed by atoms with Crippen LogP contribution in [0.1, 0.15) is 0 Å². The summed E-state index contributed by atoms with van der Waals surface area (Å²) >= 11 is 13.1. The van der Waals surface area contributed by atoms with E-state index in [4.69, 9.17) is 23.2 Å². The van der Waals surface area contributed by atoms with Crippen LogP contribution < -0.4 is 5.32 Å². The molecule has 7 heteroatoms. The van der Waals surface area contributed by atoms with Gasteiger partial charge in [0, 0.05) is 13.2 Å². The summed E-state index contributed by atoms with van der Waals surface area (Å²) < 4.78 is 0. The summed E-state index contributed by atoms with van der Waals surface area (Å²) in [5, 5.41) is 5.37. The first kappa shape index (κ1) is 12.4. The summed E-state index contributed by atoms with van der Waals surface area (Å²) in [5.41, 5.74) is 0. The molecule has 0 saturated carbocycles. The van der Waals surface area contributed by atoms with Gasteiger partial charge in [0.25, 0.3) is 0 Å². The highest BCUT2D eigenvalue weighted by molar-refractivity contribution is 7.99. The fourth-order valence-electron chi connectivity index (χ4n) is 1.07. The predicted octanol–water partition coefficient (Wildman–Crippen LogP) is 3.37. The first-order chi connectivity index (χ1) is 8.19.